The van der Waals surface area contributed by atoms with Gasteiger partial charge in [0.05, 0.1) is 24.6 Å². The van der Waals surface area contributed by atoms with Crippen molar-refractivity contribution in [3.8, 4) is 5.75 Å². The average Bonchev–Trinajstić information content (AvgIpc) is 3.98. The van der Waals surface area contributed by atoms with E-state index < -0.39 is 74.5 Å². The molecule has 8 unspecified atom stereocenters. The van der Waals surface area contributed by atoms with Gasteiger partial charge in [0.2, 0.25) is 21.8 Å². The van der Waals surface area contributed by atoms with E-state index in [0.717, 1.165) is 43.4 Å². The van der Waals surface area contributed by atoms with Gasteiger partial charge in [-0.15, -0.1) is 0 Å². The van der Waals surface area contributed by atoms with Crippen molar-refractivity contribution in [3.63, 3.8) is 0 Å². The monoisotopic (exact) mass is 785 g/mol. The van der Waals surface area contributed by atoms with Crippen LogP contribution in [0.25, 0.3) is 0 Å². The summed E-state index contributed by atoms with van der Waals surface area (Å²) in [5.74, 6) is -1.21. The number of carbonyl (C=O) groups is 4. The van der Waals surface area contributed by atoms with E-state index in [-0.39, 0.29) is 43.6 Å². The maximum Gasteiger partial charge on any atom is 0.407 e. The largest absolute Gasteiger partial charge is 0.493 e. The van der Waals surface area contributed by atoms with E-state index in [1.807, 2.05) is 39.8 Å². The highest BCUT2D eigenvalue weighted by atomic mass is 32.2. The summed E-state index contributed by atoms with van der Waals surface area (Å²) in [6.45, 7) is 9.58. The first-order valence-corrected chi connectivity index (χ1v) is 21.6. The molecule has 16 heteroatoms. The van der Waals surface area contributed by atoms with Crippen molar-refractivity contribution in [3.05, 3.63) is 29.3 Å². The molecule has 5 fully saturated rings. The molecule has 55 heavy (non-hydrogen) atoms. The average molecular weight is 786 g/mol. The molecule has 1 aromatic carbocycles. The van der Waals surface area contributed by atoms with E-state index in [1.54, 1.807) is 0 Å². The molecule has 4 heterocycles. The number of nitrogens with zero attached hydrogens (tertiary/aromatic N) is 2. The van der Waals surface area contributed by atoms with Gasteiger partial charge < -0.3 is 34.5 Å². The Morgan fingerprint density at radius 1 is 1.04 bits per heavy atom. The zero-order valence-electron chi connectivity index (χ0n) is 32.3. The zero-order chi connectivity index (χ0) is 38.9. The van der Waals surface area contributed by atoms with Crippen LogP contribution in [0.3, 0.4) is 0 Å². The van der Waals surface area contributed by atoms with E-state index in [0.29, 0.717) is 39.0 Å². The molecule has 3 saturated carbocycles. The van der Waals surface area contributed by atoms with Crippen molar-refractivity contribution in [1.29, 1.82) is 0 Å². The summed E-state index contributed by atoms with van der Waals surface area (Å²) in [4.78, 5) is 59.4. The molecule has 1 aromatic rings. The Hall–Kier alpha value is -3.47. The number of rotatable bonds is 6. The van der Waals surface area contributed by atoms with Crippen molar-refractivity contribution < 1.29 is 46.5 Å². The summed E-state index contributed by atoms with van der Waals surface area (Å²) < 4.78 is 52.2. The molecule has 1 spiro atoms. The van der Waals surface area contributed by atoms with Crippen LogP contribution in [0.1, 0.15) is 103 Å². The molecular formula is C39H55N5O10S. The number of epoxide rings is 1. The first-order chi connectivity index (χ1) is 26.1. The lowest BCUT2D eigenvalue weighted by atomic mass is 9.85. The number of sulfonamides is 1. The first-order valence-electron chi connectivity index (χ1n) is 20.0. The Labute approximate surface area is 322 Å². The lowest BCUT2D eigenvalue weighted by Crippen LogP contribution is -2.60. The van der Waals surface area contributed by atoms with Gasteiger partial charge in [-0.25, -0.2) is 13.2 Å². The van der Waals surface area contributed by atoms with Crippen LogP contribution >= 0.6 is 0 Å². The third-order valence-electron chi connectivity index (χ3n) is 12.7. The zero-order valence-corrected chi connectivity index (χ0v) is 33.1. The van der Waals surface area contributed by atoms with Gasteiger partial charge in [0, 0.05) is 37.0 Å². The second kappa shape index (κ2) is 14.2. The second-order valence-electron chi connectivity index (χ2n) is 18.0. The molecule has 8 atom stereocenters. The third-order valence-corrected chi connectivity index (χ3v) is 14.5. The molecule has 3 aliphatic carbocycles. The Bertz CT molecular complexity index is 1830. The van der Waals surface area contributed by atoms with E-state index in [2.05, 4.69) is 26.3 Å². The minimum atomic E-state index is -3.85. The summed E-state index contributed by atoms with van der Waals surface area (Å²) in [5, 5.41) is 5.11. The minimum absolute atomic E-state index is 0.0423. The van der Waals surface area contributed by atoms with Gasteiger partial charge in [-0.2, -0.15) is 0 Å². The van der Waals surface area contributed by atoms with Crippen molar-refractivity contribution in [2.24, 2.45) is 16.7 Å². The molecule has 2 saturated heterocycles. The Balaban J connectivity index is 1.04. The van der Waals surface area contributed by atoms with Crippen molar-refractivity contribution in [1.82, 2.24) is 25.2 Å². The number of ether oxygens (including phenoxy) is 4. The number of fused-ring (bicyclic) bond motifs is 5. The molecule has 4 bridgehead atoms. The molecule has 0 radical (unpaired) electrons. The molecule has 15 nitrogen and oxygen atoms in total. The van der Waals surface area contributed by atoms with Crippen LogP contribution < -0.4 is 20.1 Å². The molecule has 3 N–H and O–H groups in total. The lowest BCUT2D eigenvalue weighted by Gasteiger charge is -2.35. The Kier molecular flexibility index (Phi) is 9.90. The third kappa shape index (κ3) is 7.93. The highest BCUT2D eigenvalue weighted by molar-refractivity contribution is 7.91. The molecule has 4 aliphatic heterocycles. The van der Waals surface area contributed by atoms with E-state index in [9.17, 15) is 27.6 Å². The summed E-state index contributed by atoms with van der Waals surface area (Å²) in [6.07, 6.45) is 4.36. The number of carbonyl (C=O) groups excluding carboxylic acids is 4. The number of hydrogen-bond acceptors (Lipinski definition) is 11. The van der Waals surface area contributed by atoms with E-state index in [4.69, 9.17) is 18.9 Å². The van der Waals surface area contributed by atoms with Gasteiger partial charge in [0.25, 0.3) is 5.91 Å². The van der Waals surface area contributed by atoms with Gasteiger partial charge >= 0.3 is 6.09 Å². The highest BCUT2D eigenvalue weighted by Gasteiger charge is 2.62. The van der Waals surface area contributed by atoms with E-state index >= 15 is 0 Å². The maximum atomic E-state index is 14.6. The van der Waals surface area contributed by atoms with Crippen molar-refractivity contribution >= 4 is 33.8 Å². The van der Waals surface area contributed by atoms with Crippen LogP contribution in [-0.4, -0.2) is 103 Å². The van der Waals surface area contributed by atoms with Crippen LogP contribution in [0.4, 0.5) is 4.79 Å². The highest BCUT2D eigenvalue weighted by Crippen LogP contribution is 2.50. The molecule has 4 amide bonds. The van der Waals surface area contributed by atoms with Gasteiger partial charge in [0.1, 0.15) is 23.4 Å². The lowest BCUT2D eigenvalue weighted by molar-refractivity contribution is -0.143. The number of amides is 4. The van der Waals surface area contributed by atoms with Crippen LogP contribution in [0.5, 0.6) is 5.75 Å². The van der Waals surface area contributed by atoms with Gasteiger partial charge in [0.15, 0.2) is 12.5 Å². The molecule has 0 aromatic heterocycles. The number of nitrogens with one attached hydrogen (secondary N) is 3. The fourth-order valence-corrected chi connectivity index (χ4v) is 10.0. The fourth-order valence-electron chi connectivity index (χ4n) is 8.67. The van der Waals surface area contributed by atoms with E-state index in [1.165, 1.54) is 10.5 Å². The molecule has 8 rings (SSSR count). The van der Waals surface area contributed by atoms with Gasteiger partial charge in [-0.1, -0.05) is 46.2 Å². The normalized spacial score (nSPS) is 34.5. The number of alkyl carbamates (subject to hydrolysis) is 1. The topological polar surface area (TPSA) is 185 Å². The smallest absolute Gasteiger partial charge is 0.407 e. The summed E-state index contributed by atoms with van der Waals surface area (Å²) in [7, 11) is -3.85. The number of hydrogen-bond donors (Lipinski definition) is 3. The van der Waals surface area contributed by atoms with Crippen LogP contribution in [0, 0.1) is 16.7 Å². The number of cyclic esters (lactones) is 1. The molecule has 302 valence electrons. The van der Waals surface area contributed by atoms with Crippen LogP contribution in [-0.2, 0) is 51.7 Å². The molecular weight excluding hydrogens is 731 g/mol. The van der Waals surface area contributed by atoms with Crippen molar-refractivity contribution in [2.45, 2.75) is 146 Å². The standard InChI is InChI=1S/C39H55N5O10S/c1-5-24-18-39(24,35(47)42-55(49,50)26-11-12-26)41-31(45)28-17-25-20-44(28)32(46)30(37(2,3)4)40-36(48)52-22-38(14-15-38)13-6-7-16-51-29-10-8-9-23-19-43(21-27(23)29)33-34(53-25)54-33/h8-10,24-26,28,30,33-34H,5-7,11-22H2,1-4H3,(H,40,48)(H,41,45)(H,42,47). The first kappa shape index (κ1) is 38.4. The molecule has 7 aliphatic rings. The maximum absolute atomic E-state index is 14.6. The second-order valence-corrected chi connectivity index (χ2v) is 19.9. The van der Waals surface area contributed by atoms with Crippen LogP contribution in [0.2, 0.25) is 0 Å². The van der Waals surface area contributed by atoms with Crippen LogP contribution in [0.15, 0.2) is 18.2 Å². The minimum Gasteiger partial charge on any atom is -0.493 e. The summed E-state index contributed by atoms with van der Waals surface area (Å²) >= 11 is 0. The SMILES string of the molecule is CCC1CC1(NC(=O)C1CC2CN1C(=O)C(C(C)(C)C)NC(=O)OCC1(CCCCOc3cccc4c3CN(C4)C3OC3O2)CC1)C(=O)NS(=O)(=O)C1CC1. The van der Waals surface area contributed by atoms with Gasteiger partial charge in [-0.05, 0) is 74.3 Å². The Morgan fingerprint density at radius 2 is 1.82 bits per heavy atom. The number of benzene rings is 1. The quantitative estimate of drug-likeness (QED) is 0.360. The van der Waals surface area contributed by atoms with Gasteiger partial charge in [-0.3, -0.25) is 24.0 Å². The summed E-state index contributed by atoms with van der Waals surface area (Å²) in [5.41, 5.74) is 0.0515. The predicted molar refractivity (Wildman–Crippen MR) is 197 cm³/mol. The summed E-state index contributed by atoms with van der Waals surface area (Å²) in [6, 6.07) is 3.99. The Morgan fingerprint density at radius 3 is 2.51 bits per heavy atom. The van der Waals surface area contributed by atoms with Crippen molar-refractivity contribution in [2.75, 3.05) is 19.8 Å². The fraction of sp³-hybridized carbons (Fsp3) is 0.744. The predicted octanol–water partition coefficient (Wildman–Crippen LogP) is 3.05.